The largest absolute Gasteiger partial charge is 0.493 e. The molecule has 0 bridgehead atoms. The highest BCUT2D eigenvalue weighted by Gasteiger charge is 2.35. The summed E-state index contributed by atoms with van der Waals surface area (Å²) in [5.74, 6) is 0.848. The van der Waals surface area contributed by atoms with Crippen LogP contribution < -0.4 is 19.7 Å². The van der Waals surface area contributed by atoms with Crippen molar-refractivity contribution >= 4 is 39.1 Å². The standard InChI is InChI=1S/C23H25N3O4S/c1-14-25-18-12-17(5-7-21(18)31-14)26-13-16(11-22(26)27)23(28)24-9-8-15-4-6-19(29-2)20(10-15)30-3/h4-7,10,12,16H,8-9,11,13H2,1-3H3,(H,24,28). The summed E-state index contributed by atoms with van der Waals surface area (Å²) >= 11 is 1.63. The maximum atomic E-state index is 12.7. The van der Waals surface area contributed by atoms with Gasteiger partial charge in [0.15, 0.2) is 11.5 Å². The van der Waals surface area contributed by atoms with Crippen LogP contribution in [0.4, 0.5) is 5.69 Å². The van der Waals surface area contributed by atoms with E-state index in [2.05, 4.69) is 10.3 Å². The molecule has 0 aliphatic carbocycles. The van der Waals surface area contributed by atoms with Gasteiger partial charge >= 0.3 is 0 Å². The molecule has 1 aliphatic rings. The molecule has 0 spiro atoms. The number of aromatic nitrogens is 1. The number of hydrogen-bond donors (Lipinski definition) is 1. The van der Waals surface area contributed by atoms with Crippen molar-refractivity contribution in [3.8, 4) is 11.5 Å². The Morgan fingerprint density at radius 1 is 1.19 bits per heavy atom. The van der Waals surface area contributed by atoms with Gasteiger partial charge in [-0.3, -0.25) is 9.59 Å². The monoisotopic (exact) mass is 439 g/mol. The molecule has 2 heterocycles. The molecule has 1 unspecified atom stereocenters. The van der Waals surface area contributed by atoms with Crippen LogP contribution in [0.3, 0.4) is 0 Å². The molecule has 2 amide bonds. The lowest BCUT2D eigenvalue weighted by atomic mass is 10.1. The van der Waals surface area contributed by atoms with Crippen molar-refractivity contribution in [2.24, 2.45) is 5.92 Å². The lowest BCUT2D eigenvalue weighted by Gasteiger charge is -2.17. The van der Waals surface area contributed by atoms with Gasteiger partial charge in [0.25, 0.3) is 0 Å². The zero-order chi connectivity index (χ0) is 22.0. The molecule has 31 heavy (non-hydrogen) atoms. The zero-order valence-corrected chi connectivity index (χ0v) is 18.6. The number of hydrogen-bond acceptors (Lipinski definition) is 6. The topological polar surface area (TPSA) is 80.8 Å². The van der Waals surface area contributed by atoms with E-state index < -0.39 is 0 Å². The van der Waals surface area contributed by atoms with E-state index in [1.165, 1.54) is 0 Å². The van der Waals surface area contributed by atoms with Crippen LogP contribution in [0, 0.1) is 12.8 Å². The number of carbonyl (C=O) groups excluding carboxylic acids is 2. The summed E-state index contributed by atoms with van der Waals surface area (Å²) in [6, 6.07) is 11.5. The van der Waals surface area contributed by atoms with Gasteiger partial charge in [-0.25, -0.2) is 4.98 Å². The average Bonchev–Trinajstić information content (AvgIpc) is 3.34. The van der Waals surface area contributed by atoms with Gasteiger partial charge in [0.05, 0.1) is 35.4 Å². The number of thiazole rings is 1. The second kappa shape index (κ2) is 8.93. The number of rotatable bonds is 7. The number of amides is 2. The summed E-state index contributed by atoms with van der Waals surface area (Å²) in [6.07, 6.45) is 0.882. The lowest BCUT2D eigenvalue weighted by molar-refractivity contribution is -0.126. The SMILES string of the molecule is COc1ccc(CCNC(=O)C2CC(=O)N(c3ccc4sc(C)nc4c3)C2)cc1OC. The minimum Gasteiger partial charge on any atom is -0.493 e. The molecule has 1 atom stereocenters. The van der Waals surface area contributed by atoms with E-state index in [1.807, 2.05) is 43.3 Å². The van der Waals surface area contributed by atoms with Crippen LogP contribution in [0.25, 0.3) is 10.2 Å². The van der Waals surface area contributed by atoms with E-state index in [0.29, 0.717) is 31.0 Å². The van der Waals surface area contributed by atoms with E-state index in [9.17, 15) is 9.59 Å². The van der Waals surface area contributed by atoms with Gasteiger partial charge in [-0.2, -0.15) is 0 Å². The van der Waals surface area contributed by atoms with E-state index >= 15 is 0 Å². The summed E-state index contributed by atoms with van der Waals surface area (Å²) in [7, 11) is 3.19. The van der Waals surface area contributed by atoms with Gasteiger partial charge in [-0.15, -0.1) is 11.3 Å². The third-order valence-electron chi connectivity index (χ3n) is 5.45. The third kappa shape index (κ3) is 4.49. The second-order valence-electron chi connectivity index (χ2n) is 7.52. The maximum absolute atomic E-state index is 12.7. The van der Waals surface area contributed by atoms with Crippen LogP contribution in [0.15, 0.2) is 36.4 Å². The maximum Gasteiger partial charge on any atom is 0.227 e. The van der Waals surface area contributed by atoms with Crippen LogP contribution >= 0.6 is 11.3 Å². The van der Waals surface area contributed by atoms with E-state index in [-0.39, 0.29) is 24.2 Å². The Morgan fingerprint density at radius 2 is 2.00 bits per heavy atom. The second-order valence-corrected chi connectivity index (χ2v) is 8.76. The molecule has 2 aromatic carbocycles. The first kappa shape index (κ1) is 21.1. The molecule has 1 aliphatic heterocycles. The number of nitrogens with one attached hydrogen (secondary N) is 1. The number of carbonyl (C=O) groups is 2. The molecule has 162 valence electrons. The van der Waals surface area contributed by atoms with Crippen molar-refractivity contribution in [1.82, 2.24) is 10.3 Å². The Hall–Kier alpha value is -3.13. The highest BCUT2D eigenvalue weighted by molar-refractivity contribution is 7.18. The van der Waals surface area contributed by atoms with E-state index in [1.54, 1.807) is 30.5 Å². The van der Waals surface area contributed by atoms with Crippen LogP contribution in [0.1, 0.15) is 17.0 Å². The Bertz CT molecular complexity index is 1130. The minimum atomic E-state index is -0.356. The van der Waals surface area contributed by atoms with Crippen LogP contribution in [0.2, 0.25) is 0 Å². The van der Waals surface area contributed by atoms with Crippen LogP contribution in [0.5, 0.6) is 11.5 Å². The molecular formula is C23H25N3O4S. The number of fused-ring (bicyclic) bond motifs is 1. The first-order valence-electron chi connectivity index (χ1n) is 10.1. The fourth-order valence-corrected chi connectivity index (χ4v) is 4.65. The molecule has 1 saturated heterocycles. The summed E-state index contributed by atoms with van der Waals surface area (Å²) in [4.78, 5) is 31.4. The molecular weight excluding hydrogens is 414 g/mol. The molecule has 1 aromatic heterocycles. The molecule has 7 nitrogen and oxygen atoms in total. The molecule has 3 aromatic rings. The van der Waals surface area contributed by atoms with Crippen molar-refractivity contribution in [2.45, 2.75) is 19.8 Å². The first-order valence-corrected chi connectivity index (χ1v) is 11.0. The van der Waals surface area contributed by atoms with Crippen molar-refractivity contribution < 1.29 is 19.1 Å². The molecule has 1 fully saturated rings. The van der Waals surface area contributed by atoms with Crippen LogP contribution in [-0.4, -0.2) is 44.1 Å². The number of nitrogens with zero attached hydrogens (tertiary/aromatic N) is 2. The van der Waals surface area contributed by atoms with E-state index in [0.717, 1.165) is 26.5 Å². The average molecular weight is 440 g/mol. The normalized spacial score (nSPS) is 16.0. The fraction of sp³-hybridized carbons (Fsp3) is 0.348. The quantitative estimate of drug-likeness (QED) is 0.611. The van der Waals surface area contributed by atoms with Crippen molar-refractivity contribution in [3.05, 3.63) is 47.0 Å². The number of ether oxygens (including phenoxy) is 2. The summed E-state index contributed by atoms with van der Waals surface area (Å²) in [5.41, 5.74) is 2.72. The predicted octanol–water partition coefficient (Wildman–Crippen LogP) is 3.33. The summed E-state index contributed by atoms with van der Waals surface area (Å²) in [6.45, 7) is 2.84. The zero-order valence-electron chi connectivity index (χ0n) is 17.8. The summed E-state index contributed by atoms with van der Waals surface area (Å²) in [5, 5.41) is 3.96. The Morgan fingerprint density at radius 3 is 2.77 bits per heavy atom. The lowest BCUT2D eigenvalue weighted by Crippen LogP contribution is -2.34. The highest BCUT2D eigenvalue weighted by atomic mass is 32.1. The number of benzene rings is 2. The van der Waals surface area contributed by atoms with Crippen LogP contribution in [-0.2, 0) is 16.0 Å². The van der Waals surface area contributed by atoms with Gasteiger partial charge in [-0.05, 0) is 49.2 Å². The van der Waals surface area contributed by atoms with Crippen molar-refractivity contribution in [2.75, 3.05) is 32.2 Å². The Kier molecular flexibility index (Phi) is 6.08. The van der Waals surface area contributed by atoms with Gasteiger partial charge in [0, 0.05) is 25.2 Å². The first-order chi connectivity index (χ1) is 15.0. The third-order valence-corrected chi connectivity index (χ3v) is 6.40. The molecule has 8 heteroatoms. The Labute approximate surface area is 185 Å². The minimum absolute atomic E-state index is 0.0358. The van der Waals surface area contributed by atoms with Crippen molar-refractivity contribution in [1.29, 1.82) is 0 Å². The molecule has 4 rings (SSSR count). The van der Waals surface area contributed by atoms with Gasteiger partial charge < -0.3 is 19.7 Å². The smallest absolute Gasteiger partial charge is 0.227 e. The van der Waals surface area contributed by atoms with Gasteiger partial charge in [0.1, 0.15) is 0 Å². The molecule has 1 N–H and O–H groups in total. The predicted molar refractivity (Wildman–Crippen MR) is 121 cm³/mol. The molecule has 0 radical (unpaired) electrons. The number of anilines is 1. The summed E-state index contributed by atoms with van der Waals surface area (Å²) < 4.78 is 11.7. The molecule has 0 saturated carbocycles. The van der Waals surface area contributed by atoms with Gasteiger partial charge in [0.2, 0.25) is 11.8 Å². The van der Waals surface area contributed by atoms with Gasteiger partial charge in [-0.1, -0.05) is 6.07 Å². The highest BCUT2D eigenvalue weighted by Crippen LogP contribution is 2.30. The fourth-order valence-electron chi connectivity index (χ4n) is 3.84. The number of methoxy groups -OCH3 is 2. The Balaban J connectivity index is 1.34. The van der Waals surface area contributed by atoms with E-state index in [4.69, 9.17) is 9.47 Å². The number of aryl methyl sites for hydroxylation is 1. The van der Waals surface area contributed by atoms with Crippen molar-refractivity contribution in [3.63, 3.8) is 0 Å².